The van der Waals surface area contributed by atoms with Crippen LogP contribution >= 0.6 is 0 Å². The fourth-order valence-corrected chi connectivity index (χ4v) is 2.87. The Morgan fingerprint density at radius 1 is 1.36 bits per heavy atom. The maximum atomic E-state index is 11.9. The predicted octanol–water partition coefficient (Wildman–Crippen LogP) is 0.600. The summed E-state index contributed by atoms with van der Waals surface area (Å²) >= 11 is 0. The molecule has 0 spiro atoms. The monoisotopic (exact) mass is 375 g/mol. The molecular weight excluding hydrogens is 354 g/mol. The lowest BCUT2D eigenvalue weighted by Gasteiger charge is -2.34. The van der Waals surface area contributed by atoms with Gasteiger partial charge in [-0.05, 0) is 25.5 Å². The lowest BCUT2D eigenvalue weighted by molar-refractivity contribution is -0.147. The number of ketones is 1. The van der Waals surface area contributed by atoms with E-state index in [1.165, 1.54) is 19.1 Å². The molecule has 0 heterocycles. The van der Waals surface area contributed by atoms with Gasteiger partial charge in [0, 0.05) is 5.70 Å². The zero-order valence-corrected chi connectivity index (χ0v) is 14.6. The van der Waals surface area contributed by atoms with Gasteiger partial charge in [-0.25, -0.2) is 4.79 Å². The second-order valence-corrected chi connectivity index (χ2v) is 6.94. The number of carbonyl (C=O) groups is 3. The molecule has 0 bridgehead atoms. The number of carbonyl (C=O) groups excluding carboxylic acids is 1. The van der Waals surface area contributed by atoms with E-state index in [-0.39, 0.29) is 11.4 Å². The van der Waals surface area contributed by atoms with Gasteiger partial charge in [-0.2, -0.15) is 8.42 Å². The van der Waals surface area contributed by atoms with Crippen molar-refractivity contribution < 1.29 is 37.6 Å². The van der Waals surface area contributed by atoms with Crippen molar-refractivity contribution in [2.45, 2.75) is 20.3 Å². The average Bonchev–Trinajstić information content (AvgIpc) is 2.44. The predicted molar refractivity (Wildman–Crippen MR) is 89.1 cm³/mol. The van der Waals surface area contributed by atoms with Gasteiger partial charge in [0.15, 0.2) is 5.78 Å². The Morgan fingerprint density at radius 2 is 1.88 bits per heavy atom. The largest absolute Gasteiger partial charge is 0.481 e. The van der Waals surface area contributed by atoms with Gasteiger partial charge in [0.1, 0.15) is 0 Å². The molecule has 0 aromatic carbocycles. The Morgan fingerprint density at radius 3 is 2.16 bits per heavy atom. The number of allylic oxidation sites excluding steroid dienone is 2. The fourth-order valence-electron chi connectivity index (χ4n) is 2.35. The van der Waals surface area contributed by atoms with E-state index in [0.29, 0.717) is 6.42 Å². The van der Waals surface area contributed by atoms with Crippen LogP contribution in [0.1, 0.15) is 20.3 Å². The van der Waals surface area contributed by atoms with Crippen molar-refractivity contribution in [2.75, 3.05) is 5.75 Å². The second kappa shape index (κ2) is 8.58. The van der Waals surface area contributed by atoms with Crippen molar-refractivity contribution in [3.8, 4) is 0 Å². The molecule has 1 aliphatic rings. The third-order valence-corrected chi connectivity index (χ3v) is 4.46. The number of hydrogen-bond donors (Lipinski definition) is 4. The van der Waals surface area contributed by atoms with Crippen LogP contribution in [0.5, 0.6) is 0 Å². The van der Waals surface area contributed by atoms with Gasteiger partial charge in [-0.1, -0.05) is 19.6 Å². The molecule has 0 saturated heterocycles. The number of aliphatic carboxylic acids is 2. The average molecular weight is 375 g/mol. The maximum Gasteiger partial charge on any atom is 0.334 e. The van der Waals surface area contributed by atoms with E-state index >= 15 is 0 Å². The van der Waals surface area contributed by atoms with Crippen LogP contribution in [-0.4, -0.2) is 46.7 Å². The summed E-state index contributed by atoms with van der Waals surface area (Å²) in [7, 11) is -3.67. The molecule has 5 N–H and O–H groups in total. The van der Waals surface area contributed by atoms with Gasteiger partial charge in [-0.15, -0.1) is 0 Å². The molecule has 0 amide bonds. The minimum atomic E-state index is -3.67. The van der Waals surface area contributed by atoms with E-state index in [4.69, 9.17) is 20.5 Å². The molecule has 10 heteroatoms. The SMILES string of the molecule is C=CC(=O)C1(C)C(C(=O)O)=C(N)C=CC1C(=O)O.CCCS(=O)(=O)O. The molecule has 0 aliphatic heterocycles. The van der Waals surface area contributed by atoms with Crippen molar-refractivity contribution >= 4 is 27.8 Å². The number of carboxylic acid groups (broad SMARTS) is 2. The number of rotatable bonds is 6. The standard InChI is InChI=1S/C12H13NO5.C3H8O3S/c1-3-8(14)12(2)6(10(15)16)4-5-7(13)9(12)11(17)18;1-2-3-7(4,5)6/h3-6H,1,13H2,2H3,(H,15,16)(H,17,18);2-3H2,1H3,(H,4,5,6). The zero-order chi connectivity index (χ0) is 20.0. The first-order valence-corrected chi connectivity index (χ1v) is 8.70. The van der Waals surface area contributed by atoms with E-state index in [2.05, 4.69) is 6.58 Å². The van der Waals surface area contributed by atoms with Gasteiger partial charge in [0.25, 0.3) is 10.1 Å². The van der Waals surface area contributed by atoms with Crippen LogP contribution in [0.25, 0.3) is 0 Å². The van der Waals surface area contributed by atoms with Crippen LogP contribution in [0.4, 0.5) is 0 Å². The summed E-state index contributed by atoms with van der Waals surface area (Å²) in [5.41, 5.74) is 3.25. The Labute approximate surface area is 145 Å². The minimum Gasteiger partial charge on any atom is -0.481 e. The zero-order valence-electron chi connectivity index (χ0n) is 13.8. The molecule has 1 rings (SSSR count). The van der Waals surface area contributed by atoms with Crippen LogP contribution in [0.3, 0.4) is 0 Å². The van der Waals surface area contributed by atoms with E-state index in [1.807, 2.05) is 0 Å². The summed E-state index contributed by atoms with van der Waals surface area (Å²) in [6, 6.07) is 0. The van der Waals surface area contributed by atoms with Crippen LogP contribution in [0, 0.1) is 11.3 Å². The normalized spacial score (nSPS) is 22.6. The van der Waals surface area contributed by atoms with Gasteiger partial charge in [-0.3, -0.25) is 14.1 Å². The van der Waals surface area contributed by atoms with Gasteiger partial charge in [0.05, 0.1) is 22.7 Å². The molecule has 0 fully saturated rings. The van der Waals surface area contributed by atoms with Crippen molar-refractivity contribution in [3.05, 3.63) is 36.1 Å². The van der Waals surface area contributed by atoms with Gasteiger partial charge >= 0.3 is 11.9 Å². The minimum absolute atomic E-state index is 0.127. The number of hydrogen-bond acceptors (Lipinski definition) is 6. The lowest BCUT2D eigenvalue weighted by Crippen LogP contribution is -2.45. The van der Waals surface area contributed by atoms with Crippen molar-refractivity contribution in [3.63, 3.8) is 0 Å². The lowest BCUT2D eigenvalue weighted by atomic mass is 9.65. The molecule has 9 nitrogen and oxygen atoms in total. The molecule has 2 atom stereocenters. The molecular formula is C15H21NO8S. The molecule has 0 aromatic rings. The van der Waals surface area contributed by atoms with Gasteiger partial charge < -0.3 is 15.9 Å². The highest BCUT2D eigenvalue weighted by Crippen LogP contribution is 2.42. The summed E-state index contributed by atoms with van der Waals surface area (Å²) in [5.74, 6) is -4.83. The highest BCUT2D eigenvalue weighted by molar-refractivity contribution is 7.85. The summed E-state index contributed by atoms with van der Waals surface area (Å²) in [4.78, 5) is 34.3. The molecule has 0 aromatic heterocycles. The first-order chi connectivity index (χ1) is 11.3. The molecule has 0 radical (unpaired) electrons. The molecule has 25 heavy (non-hydrogen) atoms. The highest BCUT2D eigenvalue weighted by Gasteiger charge is 2.50. The molecule has 1 aliphatic carbocycles. The van der Waals surface area contributed by atoms with E-state index < -0.39 is 44.7 Å². The first kappa shape index (κ1) is 22.5. The maximum absolute atomic E-state index is 11.9. The summed E-state index contributed by atoms with van der Waals surface area (Å²) in [6.07, 6.45) is 3.79. The van der Waals surface area contributed by atoms with E-state index in [0.717, 1.165) is 6.08 Å². The summed E-state index contributed by atoms with van der Waals surface area (Å²) in [6.45, 7) is 6.20. The van der Waals surface area contributed by atoms with Crippen LogP contribution in [0.2, 0.25) is 0 Å². The highest BCUT2D eigenvalue weighted by atomic mass is 32.2. The Balaban J connectivity index is 0.000000697. The quantitative estimate of drug-likeness (QED) is 0.383. The Hall–Kier alpha value is -2.46. The molecule has 0 saturated carbocycles. The van der Waals surface area contributed by atoms with E-state index in [1.54, 1.807) is 6.92 Å². The van der Waals surface area contributed by atoms with Crippen molar-refractivity contribution in [2.24, 2.45) is 17.1 Å². The summed E-state index contributed by atoms with van der Waals surface area (Å²) < 4.78 is 27.6. The Kier molecular flexibility index (Phi) is 7.74. The molecule has 140 valence electrons. The van der Waals surface area contributed by atoms with Crippen LogP contribution in [0.15, 0.2) is 36.1 Å². The third-order valence-electron chi connectivity index (χ3n) is 3.54. The summed E-state index contributed by atoms with van der Waals surface area (Å²) in [5, 5.41) is 18.2. The van der Waals surface area contributed by atoms with Crippen molar-refractivity contribution in [1.29, 1.82) is 0 Å². The van der Waals surface area contributed by atoms with Crippen molar-refractivity contribution in [1.82, 2.24) is 0 Å². The van der Waals surface area contributed by atoms with Gasteiger partial charge in [0.2, 0.25) is 0 Å². The molecule has 2 unspecified atom stereocenters. The van der Waals surface area contributed by atoms with Crippen LogP contribution < -0.4 is 5.73 Å². The topological polar surface area (TPSA) is 172 Å². The first-order valence-electron chi connectivity index (χ1n) is 7.09. The number of nitrogens with two attached hydrogens (primary N) is 1. The van der Waals surface area contributed by atoms with Crippen LogP contribution in [-0.2, 0) is 24.5 Å². The smallest absolute Gasteiger partial charge is 0.334 e. The Bertz CT molecular complexity index is 735. The number of carboxylic acids is 2. The van der Waals surface area contributed by atoms with E-state index in [9.17, 15) is 22.8 Å². The fraction of sp³-hybridized carbons (Fsp3) is 0.400. The second-order valence-electron chi connectivity index (χ2n) is 5.37. The third kappa shape index (κ3) is 5.54.